The molecule has 0 aliphatic carbocycles. The molecule has 1 aliphatic rings. The number of nitriles is 1. The van der Waals surface area contributed by atoms with Crippen molar-refractivity contribution in [3.63, 3.8) is 0 Å². The van der Waals surface area contributed by atoms with E-state index in [0.29, 0.717) is 10.4 Å². The minimum Gasteiger partial charge on any atom is -0.351 e. The van der Waals surface area contributed by atoms with Crippen LogP contribution in [0.25, 0.3) is 21.3 Å². The number of fused-ring (bicyclic) bond motifs is 2. The number of sulfonamides is 1. The van der Waals surface area contributed by atoms with Gasteiger partial charge in [0.2, 0.25) is 0 Å². The van der Waals surface area contributed by atoms with Crippen LogP contribution in [0, 0.1) is 11.3 Å². The molecule has 0 radical (unpaired) electrons. The summed E-state index contributed by atoms with van der Waals surface area (Å²) in [7, 11) is -5.15. The summed E-state index contributed by atoms with van der Waals surface area (Å²) in [5.74, 6) is -0.0657. The van der Waals surface area contributed by atoms with Crippen molar-refractivity contribution in [2.45, 2.75) is 9.79 Å². The lowest BCUT2D eigenvalue weighted by molar-refractivity contribution is 0.484. The van der Waals surface area contributed by atoms with Crippen molar-refractivity contribution in [3.05, 3.63) is 65.7 Å². The van der Waals surface area contributed by atoms with E-state index >= 15 is 0 Å². The van der Waals surface area contributed by atoms with E-state index < -0.39 is 20.6 Å². The Kier molecular flexibility index (Phi) is 4.85. The summed E-state index contributed by atoms with van der Waals surface area (Å²) < 4.78 is 51.6. The zero-order valence-corrected chi connectivity index (χ0v) is 19.4. The van der Waals surface area contributed by atoms with E-state index in [1.54, 1.807) is 48.5 Å². The Morgan fingerprint density at radius 1 is 1.09 bits per heavy atom. The lowest BCUT2D eigenvalue weighted by atomic mass is 10.1. The van der Waals surface area contributed by atoms with Gasteiger partial charge in [0.05, 0.1) is 27.8 Å². The fourth-order valence-corrected chi connectivity index (χ4v) is 7.86. The predicted molar refractivity (Wildman–Crippen MR) is 128 cm³/mol. The van der Waals surface area contributed by atoms with Crippen LogP contribution in [0.5, 0.6) is 0 Å². The molecule has 0 fully saturated rings. The third kappa shape index (κ3) is 3.30. The van der Waals surface area contributed by atoms with Gasteiger partial charge in [-0.15, -0.1) is 11.3 Å². The Labute approximate surface area is 191 Å². The number of aryl methyl sites for hydroxylation is 1. The van der Waals surface area contributed by atoms with Gasteiger partial charge in [-0.25, -0.2) is 8.42 Å². The number of benzene rings is 2. The first-order chi connectivity index (χ1) is 15.2. The molecule has 0 saturated heterocycles. The summed E-state index contributed by atoms with van der Waals surface area (Å²) in [6, 6.07) is 17.4. The van der Waals surface area contributed by atoms with Gasteiger partial charge in [-0.05, 0) is 54.1 Å². The zero-order chi connectivity index (χ0) is 22.7. The molecule has 2 aromatic heterocycles. The van der Waals surface area contributed by atoms with Crippen LogP contribution in [0.4, 0.5) is 5.69 Å². The third-order valence-corrected chi connectivity index (χ3v) is 10.3. The van der Waals surface area contributed by atoms with Crippen LogP contribution in [0.3, 0.4) is 0 Å². The first-order valence-corrected chi connectivity index (χ1v) is 13.7. The summed E-state index contributed by atoms with van der Waals surface area (Å²) in [6.07, 6.45) is 1.87. The molecule has 10 heteroatoms. The molecule has 0 bridgehead atoms. The quantitative estimate of drug-likeness (QED) is 0.420. The van der Waals surface area contributed by atoms with E-state index in [4.69, 9.17) is 5.26 Å². The zero-order valence-electron chi connectivity index (χ0n) is 17.0. The van der Waals surface area contributed by atoms with Gasteiger partial charge in [-0.2, -0.15) is 15.9 Å². The van der Waals surface area contributed by atoms with Crippen molar-refractivity contribution in [2.24, 2.45) is 7.05 Å². The number of anilines is 1. The van der Waals surface area contributed by atoms with Crippen LogP contribution in [0.2, 0.25) is 0 Å². The maximum atomic E-state index is 13.6. The largest absolute Gasteiger partial charge is 0.351 e. The predicted octanol–water partition coefficient (Wildman–Crippen LogP) is 5.10. The van der Waals surface area contributed by atoms with E-state index in [-0.39, 0.29) is 27.8 Å². The summed E-state index contributed by atoms with van der Waals surface area (Å²) in [5.41, 5.74) is 1.89. The molecule has 2 N–H and O–H groups in total. The van der Waals surface area contributed by atoms with Crippen molar-refractivity contribution in [1.29, 1.82) is 5.26 Å². The van der Waals surface area contributed by atoms with E-state index in [1.165, 1.54) is 15.6 Å². The van der Waals surface area contributed by atoms with E-state index in [2.05, 4.69) is 6.07 Å². The number of nitrogens with zero attached hydrogens (tertiary/aromatic N) is 3. The van der Waals surface area contributed by atoms with Gasteiger partial charge < -0.3 is 4.57 Å². The van der Waals surface area contributed by atoms with Crippen LogP contribution < -0.4 is 4.31 Å². The molecule has 0 amide bonds. The van der Waals surface area contributed by atoms with Gasteiger partial charge >= 0.3 is 0 Å². The molecule has 7 nitrogen and oxygen atoms in total. The summed E-state index contributed by atoms with van der Waals surface area (Å²) in [6.45, 7) is -0.0398. The minimum absolute atomic E-state index is 0.0398. The highest BCUT2D eigenvalue weighted by Crippen LogP contribution is 2.56. The summed E-state index contributed by atoms with van der Waals surface area (Å²) in [5, 5.41) is 9.93. The minimum atomic E-state index is -3.94. The fraction of sp³-hybridized carbons (Fsp3) is 0.136. The van der Waals surface area contributed by atoms with Crippen LogP contribution in [0.15, 0.2) is 70.6 Å². The molecule has 0 saturated carbocycles. The highest BCUT2D eigenvalue weighted by Gasteiger charge is 2.36. The summed E-state index contributed by atoms with van der Waals surface area (Å²) in [4.78, 5) is 1.71. The fourth-order valence-electron chi connectivity index (χ4n) is 3.93. The molecule has 4 aromatic rings. The Balaban J connectivity index is 1.65. The van der Waals surface area contributed by atoms with Crippen LogP contribution in [-0.2, 0) is 17.1 Å². The number of hydrogen-bond donors (Lipinski definition) is 2. The van der Waals surface area contributed by atoms with Crippen LogP contribution in [0.1, 0.15) is 4.88 Å². The van der Waals surface area contributed by atoms with Crippen LogP contribution >= 0.6 is 21.9 Å². The molecule has 5 rings (SSSR count). The smallest absolute Gasteiger partial charge is 0.264 e. The highest BCUT2D eigenvalue weighted by atomic mass is 32.3. The third-order valence-electron chi connectivity index (χ3n) is 5.60. The van der Waals surface area contributed by atoms with Gasteiger partial charge in [-0.3, -0.25) is 13.4 Å². The van der Waals surface area contributed by atoms with E-state index in [1.807, 2.05) is 23.9 Å². The molecule has 2 aromatic carbocycles. The van der Waals surface area contributed by atoms with Gasteiger partial charge in [0.25, 0.3) is 10.0 Å². The molecule has 3 heterocycles. The molecular formula is C22H19N3O4S3. The second-order valence-corrected chi connectivity index (χ2v) is 12.7. The Morgan fingerprint density at radius 2 is 1.91 bits per heavy atom. The molecule has 0 unspecified atom stereocenters. The second-order valence-electron chi connectivity index (χ2n) is 7.55. The average Bonchev–Trinajstić information content (AvgIpc) is 3.40. The molecule has 1 aliphatic heterocycles. The van der Waals surface area contributed by atoms with Gasteiger partial charge in [0, 0.05) is 29.0 Å². The highest BCUT2D eigenvalue weighted by molar-refractivity contribution is 8.24. The molecule has 0 spiro atoms. The van der Waals surface area contributed by atoms with Crippen LogP contribution in [-0.4, -0.2) is 34.4 Å². The lowest BCUT2D eigenvalue weighted by Crippen LogP contribution is -2.38. The van der Waals surface area contributed by atoms with Crippen molar-refractivity contribution in [1.82, 2.24) is 4.57 Å². The van der Waals surface area contributed by atoms with Crippen molar-refractivity contribution < 1.29 is 17.5 Å². The Bertz CT molecular complexity index is 1510. The number of aromatic nitrogens is 1. The maximum Gasteiger partial charge on any atom is 0.264 e. The molecule has 164 valence electrons. The van der Waals surface area contributed by atoms with Crippen molar-refractivity contribution >= 4 is 48.5 Å². The SMILES string of the molecule is Cn1ccc2cc(S(=O)(=O)N3CCS(O)(O)c4ccc(-c5ccc(C#N)s5)cc43)ccc21. The first-order valence-electron chi connectivity index (χ1n) is 9.69. The maximum absolute atomic E-state index is 13.6. The van der Waals surface area contributed by atoms with E-state index in [0.717, 1.165) is 15.8 Å². The topological polar surface area (TPSA) is 107 Å². The normalized spacial score (nSPS) is 16.5. The van der Waals surface area contributed by atoms with Gasteiger partial charge in [0.15, 0.2) is 0 Å². The second kappa shape index (κ2) is 7.37. The number of thiophene rings is 1. The molecule has 32 heavy (non-hydrogen) atoms. The first kappa shape index (κ1) is 21.1. The van der Waals surface area contributed by atoms with Gasteiger partial charge in [-0.1, -0.05) is 6.07 Å². The average molecular weight is 486 g/mol. The van der Waals surface area contributed by atoms with Gasteiger partial charge in [0.1, 0.15) is 10.9 Å². The molecular weight excluding hydrogens is 466 g/mol. The van der Waals surface area contributed by atoms with Crippen molar-refractivity contribution in [2.75, 3.05) is 16.6 Å². The Morgan fingerprint density at radius 3 is 2.66 bits per heavy atom. The number of rotatable bonds is 3. The Hall–Kier alpha value is -2.81. The monoisotopic (exact) mass is 485 g/mol. The summed E-state index contributed by atoms with van der Waals surface area (Å²) >= 11 is 1.30. The number of hydrogen-bond acceptors (Lipinski definition) is 6. The lowest BCUT2D eigenvalue weighted by Gasteiger charge is -2.42. The van der Waals surface area contributed by atoms with Crippen molar-refractivity contribution in [3.8, 4) is 16.5 Å². The standard InChI is InChI=1S/C22H19N3O4S3/c1-24-9-8-15-12-18(4-5-19(15)24)32(28,29)25-10-11-31(26,27)22-7-2-16(13-20(22)25)21-6-3-17(14-23)30-21/h2-9,12-13,26-27H,10-11H2,1H3. The van der Waals surface area contributed by atoms with E-state index in [9.17, 15) is 17.5 Å². The molecule has 0 atom stereocenters.